The molecule has 10 nitrogen and oxygen atoms in total. The van der Waals surface area contributed by atoms with Gasteiger partial charge in [-0.1, -0.05) is 18.2 Å². The Hall–Kier alpha value is -3.47. The van der Waals surface area contributed by atoms with Crippen LogP contribution in [0.4, 0.5) is 4.79 Å². The van der Waals surface area contributed by atoms with E-state index in [9.17, 15) is 24.0 Å². The molecule has 1 aliphatic carbocycles. The maximum absolute atomic E-state index is 12.7. The normalized spacial score (nSPS) is 24.3. The summed E-state index contributed by atoms with van der Waals surface area (Å²) in [5.41, 5.74) is 0.206. The lowest BCUT2D eigenvalue weighted by molar-refractivity contribution is -0.152. The predicted octanol–water partition coefficient (Wildman–Crippen LogP) is 1.41. The van der Waals surface area contributed by atoms with Gasteiger partial charge in [-0.3, -0.25) is 19.3 Å². The summed E-state index contributed by atoms with van der Waals surface area (Å²) in [5.74, 6) is -3.13. The molecule has 11 heteroatoms. The number of urea groups is 1. The summed E-state index contributed by atoms with van der Waals surface area (Å²) in [6.07, 6.45) is 4.67. The second-order valence-electron chi connectivity index (χ2n) is 7.74. The van der Waals surface area contributed by atoms with Crippen molar-refractivity contribution in [2.45, 2.75) is 25.8 Å². The van der Waals surface area contributed by atoms with Gasteiger partial charge in [-0.15, -0.1) is 11.3 Å². The molecule has 4 amide bonds. The van der Waals surface area contributed by atoms with Crippen molar-refractivity contribution in [1.82, 2.24) is 15.5 Å². The largest absolute Gasteiger partial charge is 0.463 e. The molecule has 3 aliphatic rings. The van der Waals surface area contributed by atoms with Crippen LogP contribution in [-0.4, -0.2) is 54.4 Å². The fourth-order valence-electron chi connectivity index (χ4n) is 4.20. The first-order valence-electron chi connectivity index (χ1n) is 10.6. The van der Waals surface area contributed by atoms with Gasteiger partial charge in [-0.25, -0.2) is 9.59 Å². The van der Waals surface area contributed by atoms with E-state index in [2.05, 4.69) is 10.6 Å². The van der Waals surface area contributed by atoms with Gasteiger partial charge in [0.25, 0.3) is 0 Å². The SMILES string of the molecule is CCOC(=O)C1=C(COC(=O)CN2C(=O)[C@@H]3CC=CC[C@H]3C2=O)NC(=O)N[C@@H]1c1cccs1. The van der Waals surface area contributed by atoms with Crippen LogP contribution in [-0.2, 0) is 28.7 Å². The van der Waals surface area contributed by atoms with Crippen molar-refractivity contribution < 1.29 is 33.4 Å². The average Bonchev–Trinajstić information content (AvgIpc) is 3.41. The Balaban J connectivity index is 1.49. The Morgan fingerprint density at radius 1 is 1.12 bits per heavy atom. The highest BCUT2D eigenvalue weighted by molar-refractivity contribution is 7.10. The van der Waals surface area contributed by atoms with E-state index in [0.29, 0.717) is 17.7 Å². The van der Waals surface area contributed by atoms with Crippen molar-refractivity contribution in [2.24, 2.45) is 11.8 Å². The molecule has 33 heavy (non-hydrogen) atoms. The van der Waals surface area contributed by atoms with Gasteiger partial charge in [0.2, 0.25) is 11.8 Å². The Bertz CT molecular complexity index is 1020. The number of esters is 2. The maximum atomic E-state index is 12.7. The van der Waals surface area contributed by atoms with Crippen molar-refractivity contribution in [3.8, 4) is 0 Å². The van der Waals surface area contributed by atoms with Crippen molar-refractivity contribution >= 4 is 41.1 Å². The van der Waals surface area contributed by atoms with E-state index in [1.54, 1.807) is 19.1 Å². The number of fused-ring (bicyclic) bond motifs is 1. The summed E-state index contributed by atoms with van der Waals surface area (Å²) in [5, 5.41) is 7.00. The number of imide groups is 1. The third-order valence-electron chi connectivity index (χ3n) is 5.74. The molecule has 1 aromatic heterocycles. The lowest BCUT2D eigenvalue weighted by Crippen LogP contribution is -2.47. The minimum absolute atomic E-state index is 0.0842. The molecule has 3 heterocycles. The van der Waals surface area contributed by atoms with Crippen LogP contribution in [0.2, 0.25) is 0 Å². The van der Waals surface area contributed by atoms with Gasteiger partial charge < -0.3 is 20.1 Å². The second-order valence-corrected chi connectivity index (χ2v) is 8.72. The molecular formula is C22H23N3O7S. The molecule has 0 spiro atoms. The Morgan fingerprint density at radius 2 is 1.82 bits per heavy atom. The quantitative estimate of drug-likeness (QED) is 0.348. The highest BCUT2D eigenvalue weighted by Crippen LogP contribution is 2.35. The lowest BCUT2D eigenvalue weighted by atomic mass is 9.85. The standard InChI is InChI=1S/C22H23N3O7S/c1-2-31-21(29)17-14(23-22(30)24-18(17)15-8-5-9-33-15)11-32-16(26)10-25-19(27)12-6-3-4-7-13(12)20(25)28/h3-5,8-9,12-13,18H,2,6-7,10-11H2,1H3,(H2,23,24,30)/t12-,13-,18-/m1/s1. The summed E-state index contributed by atoms with van der Waals surface area (Å²) in [6.45, 7) is 0.835. The number of likely N-dealkylation sites (tertiary alicyclic amines) is 1. The van der Waals surface area contributed by atoms with Gasteiger partial charge in [0.1, 0.15) is 13.2 Å². The average molecular weight is 474 g/mol. The van der Waals surface area contributed by atoms with E-state index < -0.39 is 49.0 Å². The molecule has 1 aromatic rings. The first-order chi connectivity index (χ1) is 15.9. The summed E-state index contributed by atoms with van der Waals surface area (Å²) in [4.78, 5) is 64.1. The van der Waals surface area contributed by atoms with Gasteiger partial charge in [0, 0.05) is 4.88 Å². The van der Waals surface area contributed by atoms with Crippen molar-refractivity contribution in [2.75, 3.05) is 19.8 Å². The smallest absolute Gasteiger partial charge is 0.338 e. The third kappa shape index (κ3) is 4.54. The van der Waals surface area contributed by atoms with Crippen molar-refractivity contribution in [3.63, 3.8) is 0 Å². The van der Waals surface area contributed by atoms with Crippen LogP contribution in [0.15, 0.2) is 40.9 Å². The van der Waals surface area contributed by atoms with Gasteiger partial charge in [-0.2, -0.15) is 0 Å². The van der Waals surface area contributed by atoms with E-state index in [4.69, 9.17) is 9.47 Å². The number of ether oxygens (including phenoxy) is 2. The van der Waals surface area contributed by atoms with Gasteiger partial charge >= 0.3 is 18.0 Å². The van der Waals surface area contributed by atoms with Gasteiger partial charge in [0.15, 0.2) is 0 Å². The van der Waals surface area contributed by atoms with Crippen LogP contribution in [0.1, 0.15) is 30.7 Å². The number of allylic oxidation sites excluding steroid dienone is 2. The van der Waals surface area contributed by atoms with Crippen LogP contribution < -0.4 is 10.6 Å². The van der Waals surface area contributed by atoms with E-state index in [0.717, 1.165) is 4.90 Å². The number of amides is 4. The molecular weight excluding hydrogens is 450 g/mol. The Kier molecular flexibility index (Phi) is 6.59. The van der Waals surface area contributed by atoms with E-state index in [-0.39, 0.29) is 29.7 Å². The molecule has 4 rings (SSSR count). The number of carbonyl (C=O) groups is 5. The van der Waals surface area contributed by atoms with E-state index in [1.807, 2.05) is 17.5 Å². The fourth-order valence-corrected chi connectivity index (χ4v) is 4.99. The molecule has 2 aliphatic heterocycles. The topological polar surface area (TPSA) is 131 Å². The van der Waals surface area contributed by atoms with Crippen LogP contribution >= 0.6 is 11.3 Å². The summed E-state index contributed by atoms with van der Waals surface area (Å²) >= 11 is 1.35. The molecule has 0 saturated carbocycles. The van der Waals surface area contributed by atoms with Crippen LogP contribution in [0.3, 0.4) is 0 Å². The van der Waals surface area contributed by atoms with Gasteiger partial charge in [-0.05, 0) is 31.2 Å². The summed E-state index contributed by atoms with van der Waals surface area (Å²) < 4.78 is 10.4. The third-order valence-corrected chi connectivity index (χ3v) is 6.68. The molecule has 0 aromatic carbocycles. The number of carbonyl (C=O) groups excluding carboxylic acids is 5. The van der Waals surface area contributed by atoms with Gasteiger partial charge in [0.05, 0.1) is 35.8 Å². The summed E-state index contributed by atoms with van der Waals surface area (Å²) in [6, 6.07) is 2.23. The van der Waals surface area contributed by atoms with Crippen LogP contribution in [0.25, 0.3) is 0 Å². The minimum Gasteiger partial charge on any atom is -0.463 e. The van der Waals surface area contributed by atoms with Crippen molar-refractivity contribution in [1.29, 1.82) is 0 Å². The molecule has 0 bridgehead atoms. The minimum atomic E-state index is -0.820. The molecule has 0 unspecified atom stereocenters. The molecule has 0 radical (unpaired) electrons. The van der Waals surface area contributed by atoms with Crippen LogP contribution in [0.5, 0.6) is 0 Å². The number of hydrogen-bond acceptors (Lipinski definition) is 8. The highest BCUT2D eigenvalue weighted by Gasteiger charge is 2.48. The zero-order chi connectivity index (χ0) is 23.5. The highest BCUT2D eigenvalue weighted by atomic mass is 32.1. The number of thiophene rings is 1. The lowest BCUT2D eigenvalue weighted by Gasteiger charge is -2.28. The number of nitrogens with zero attached hydrogens (tertiary/aromatic N) is 1. The first-order valence-corrected chi connectivity index (χ1v) is 11.5. The van der Waals surface area contributed by atoms with Crippen molar-refractivity contribution in [3.05, 3.63) is 45.8 Å². The zero-order valence-corrected chi connectivity index (χ0v) is 18.7. The van der Waals surface area contributed by atoms with Crippen LogP contribution in [0, 0.1) is 11.8 Å². The molecule has 174 valence electrons. The fraction of sp³-hybridized carbons (Fsp3) is 0.409. The van der Waals surface area contributed by atoms with E-state index in [1.165, 1.54) is 11.3 Å². The number of nitrogens with one attached hydrogen (secondary N) is 2. The zero-order valence-electron chi connectivity index (χ0n) is 17.9. The second kappa shape index (κ2) is 9.57. The molecule has 1 saturated heterocycles. The van der Waals surface area contributed by atoms with E-state index >= 15 is 0 Å². The number of hydrogen-bond donors (Lipinski definition) is 2. The molecule has 1 fully saturated rings. The number of rotatable bonds is 7. The Labute approximate surface area is 193 Å². The Morgan fingerprint density at radius 3 is 2.42 bits per heavy atom. The molecule has 3 atom stereocenters. The monoisotopic (exact) mass is 473 g/mol. The predicted molar refractivity (Wildman–Crippen MR) is 115 cm³/mol. The first kappa shape index (κ1) is 22.7. The molecule has 2 N–H and O–H groups in total. The maximum Gasteiger partial charge on any atom is 0.338 e. The summed E-state index contributed by atoms with van der Waals surface area (Å²) in [7, 11) is 0.